The van der Waals surface area contributed by atoms with E-state index in [2.05, 4.69) is 15.5 Å². The quantitative estimate of drug-likeness (QED) is 0.853. The third-order valence-electron chi connectivity index (χ3n) is 4.98. The maximum Gasteiger partial charge on any atom is 0.416 e. The van der Waals surface area contributed by atoms with E-state index in [1.165, 1.54) is 18.9 Å². The average Bonchev–Trinajstić information content (AvgIpc) is 3.39. The first-order valence-corrected chi connectivity index (χ1v) is 8.94. The molecule has 2 amide bonds. The largest absolute Gasteiger partial charge is 0.416 e. The highest BCUT2D eigenvalue weighted by Crippen LogP contribution is 2.35. The molecule has 0 atom stereocenters. The summed E-state index contributed by atoms with van der Waals surface area (Å²) in [6, 6.07) is 3.68. The lowest BCUT2D eigenvalue weighted by molar-refractivity contribution is -0.137. The summed E-state index contributed by atoms with van der Waals surface area (Å²) in [5, 5.41) is 5.49. The van der Waals surface area contributed by atoms with Crippen LogP contribution < -0.4 is 15.5 Å². The highest BCUT2D eigenvalue weighted by Gasteiger charge is 2.33. The fraction of sp³-hybridized carbons (Fsp3) is 0.611. The van der Waals surface area contributed by atoms with Crippen LogP contribution in [-0.2, 0) is 6.18 Å². The molecule has 2 N–H and O–H groups in total. The van der Waals surface area contributed by atoms with Gasteiger partial charge in [-0.05, 0) is 43.9 Å². The standard InChI is InChI=1S/C18H25F3N4O/c1-24(2)16-6-3-12(18(19,20)21)11-15(16)23-17(26)22-13-7-9-25(10-8-13)14-4-5-14/h3,6,11,13-14H,4-5,7-10H2,1-2H3,(H2,22,23,26). The molecule has 0 spiro atoms. The number of carbonyl (C=O) groups excluding carboxylic acids is 1. The minimum absolute atomic E-state index is 0.0543. The van der Waals surface area contributed by atoms with Gasteiger partial charge >= 0.3 is 12.2 Å². The minimum Gasteiger partial charge on any atom is -0.376 e. The van der Waals surface area contributed by atoms with Gasteiger partial charge in [-0.1, -0.05) is 0 Å². The summed E-state index contributed by atoms with van der Waals surface area (Å²) in [5.41, 5.74) is -0.106. The summed E-state index contributed by atoms with van der Waals surface area (Å²) in [6.45, 7) is 1.92. The second-order valence-electron chi connectivity index (χ2n) is 7.26. The first-order chi connectivity index (χ1) is 12.2. The predicted molar refractivity (Wildman–Crippen MR) is 95.5 cm³/mol. The molecule has 1 aliphatic heterocycles. The lowest BCUT2D eigenvalue weighted by Crippen LogP contribution is -2.46. The van der Waals surface area contributed by atoms with E-state index >= 15 is 0 Å². The molecule has 1 heterocycles. The maximum atomic E-state index is 13.0. The Kier molecular flexibility index (Phi) is 5.32. The van der Waals surface area contributed by atoms with E-state index in [0.29, 0.717) is 5.69 Å². The van der Waals surface area contributed by atoms with Crippen molar-refractivity contribution in [1.29, 1.82) is 0 Å². The molecule has 1 aliphatic carbocycles. The number of piperidine rings is 1. The summed E-state index contributed by atoms with van der Waals surface area (Å²) >= 11 is 0. The first kappa shape index (κ1) is 18.8. The first-order valence-electron chi connectivity index (χ1n) is 8.94. The van der Waals surface area contributed by atoms with Crippen molar-refractivity contribution < 1.29 is 18.0 Å². The summed E-state index contributed by atoms with van der Waals surface area (Å²) in [7, 11) is 3.44. The molecule has 2 fully saturated rings. The van der Waals surface area contributed by atoms with Crippen LogP contribution in [0, 0.1) is 0 Å². The fourth-order valence-electron chi connectivity index (χ4n) is 3.39. The number of hydrogen-bond acceptors (Lipinski definition) is 3. The number of rotatable bonds is 4. The second-order valence-corrected chi connectivity index (χ2v) is 7.26. The molecule has 1 aromatic carbocycles. The number of benzene rings is 1. The Hall–Kier alpha value is -1.96. The molecule has 0 unspecified atom stereocenters. The molecule has 1 aromatic rings. The smallest absolute Gasteiger partial charge is 0.376 e. The SMILES string of the molecule is CN(C)c1ccc(C(F)(F)F)cc1NC(=O)NC1CCN(C2CC2)CC1. The van der Waals surface area contributed by atoms with Crippen LogP contribution in [0.2, 0.25) is 0 Å². The number of anilines is 2. The van der Waals surface area contributed by atoms with Crippen molar-refractivity contribution in [3.8, 4) is 0 Å². The van der Waals surface area contributed by atoms with Crippen molar-refractivity contribution in [3.63, 3.8) is 0 Å². The van der Waals surface area contributed by atoms with Crippen LogP contribution in [-0.4, -0.2) is 50.2 Å². The van der Waals surface area contributed by atoms with Crippen LogP contribution in [0.25, 0.3) is 0 Å². The molecule has 1 saturated heterocycles. The summed E-state index contributed by atoms with van der Waals surface area (Å²) in [4.78, 5) is 16.4. The van der Waals surface area contributed by atoms with Gasteiger partial charge in [0.1, 0.15) is 0 Å². The van der Waals surface area contributed by atoms with E-state index in [1.54, 1.807) is 19.0 Å². The second kappa shape index (κ2) is 7.34. The van der Waals surface area contributed by atoms with Crippen molar-refractivity contribution >= 4 is 17.4 Å². The Labute approximate surface area is 151 Å². The zero-order chi connectivity index (χ0) is 18.9. The third-order valence-corrected chi connectivity index (χ3v) is 4.98. The van der Waals surface area contributed by atoms with E-state index in [-0.39, 0.29) is 11.7 Å². The number of nitrogens with one attached hydrogen (secondary N) is 2. The molecule has 144 valence electrons. The van der Waals surface area contributed by atoms with E-state index in [4.69, 9.17) is 0 Å². The van der Waals surface area contributed by atoms with Crippen molar-refractivity contribution in [2.75, 3.05) is 37.4 Å². The van der Waals surface area contributed by atoms with E-state index in [9.17, 15) is 18.0 Å². The number of likely N-dealkylation sites (tertiary alicyclic amines) is 1. The van der Waals surface area contributed by atoms with Gasteiger partial charge in [-0.15, -0.1) is 0 Å². The lowest BCUT2D eigenvalue weighted by Gasteiger charge is -2.32. The van der Waals surface area contributed by atoms with Crippen LogP contribution >= 0.6 is 0 Å². The molecule has 5 nitrogen and oxygen atoms in total. The highest BCUT2D eigenvalue weighted by atomic mass is 19.4. The summed E-state index contributed by atoms with van der Waals surface area (Å²) in [5.74, 6) is 0. The van der Waals surface area contributed by atoms with Gasteiger partial charge in [0.2, 0.25) is 0 Å². The van der Waals surface area contributed by atoms with Crippen molar-refractivity contribution in [2.24, 2.45) is 0 Å². The molecule has 2 aliphatic rings. The zero-order valence-corrected chi connectivity index (χ0v) is 15.1. The van der Waals surface area contributed by atoms with E-state index in [0.717, 1.165) is 44.1 Å². The van der Waals surface area contributed by atoms with E-state index in [1.807, 2.05) is 0 Å². The van der Waals surface area contributed by atoms with Crippen LogP contribution in [0.5, 0.6) is 0 Å². The molecule has 0 aromatic heterocycles. The maximum absolute atomic E-state index is 13.0. The molecule has 8 heteroatoms. The molecule has 26 heavy (non-hydrogen) atoms. The molecule has 0 radical (unpaired) electrons. The average molecular weight is 370 g/mol. The Morgan fingerprint density at radius 1 is 1.15 bits per heavy atom. The van der Waals surface area contributed by atoms with Crippen LogP contribution in [0.4, 0.5) is 29.3 Å². The number of urea groups is 1. The van der Waals surface area contributed by atoms with Crippen LogP contribution in [0.3, 0.4) is 0 Å². The molecular formula is C18H25F3N4O. The molecule has 1 saturated carbocycles. The fourth-order valence-corrected chi connectivity index (χ4v) is 3.39. The monoisotopic (exact) mass is 370 g/mol. The Morgan fingerprint density at radius 2 is 1.81 bits per heavy atom. The Balaban J connectivity index is 1.62. The number of hydrogen-bond donors (Lipinski definition) is 2. The molecule has 3 rings (SSSR count). The third kappa shape index (κ3) is 4.60. The number of amides is 2. The van der Waals surface area contributed by atoms with Crippen molar-refractivity contribution in [2.45, 2.75) is 43.9 Å². The number of alkyl halides is 3. The van der Waals surface area contributed by atoms with Gasteiger partial charge in [-0.25, -0.2) is 4.79 Å². The summed E-state index contributed by atoms with van der Waals surface area (Å²) in [6.07, 6.45) is -0.184. The van der Waals surface area contributed by atoms with Gasteiger partial charge in [0.25, 0.3) is 0 Å². The summed E-state index contributed by atoms with van der Waals surface area (Å²) < 4.78 is 38.9. The van der Waals surface area contributed by atoms with Crippen LogP contribution in [0.15, 0.2) is 18.2 Å². The number of carbonyl (C=O) groups is 1. The lowest BCUT2D eigenvalue weighted by atomic mass is 10.1. The minimum atomic E-state index is -4.45. The van der Waals surface area contributed by atoms with Gasteiger partial charge in [0, 0.05) is 39.3 Å². The van der Waals surface area contributed by atoms with Gasteiger partial charge in [0.15, 0.2) is 0 Å². The Bertz CT molecular complexity index is 650. The van der Waals surface area contributed by atoms with Crippen molar-refractivity contribution in [3.05, 3.63) is 23.8 Å². The highest BCUT2D eigenvalue weighted by molar-refractivity contribution is 5.93. The topological polar surface area (TPSA) is 47.6 Å². The zero-order valence-electron chi connectivity index (χ0n) is 15.1. The van der Waals surface area contributed by atoms with Gasteiger partial charge in [-0.3, -0.25) is 0 Å². The van der Waals surface area contributed by atoms with Gasteiger partial charge in [-0.2, -0.15) is 13.2 Å². The van der Waals surface area contributed by atoms with Crippen LogP contribution in [0.1, 0.15) is 31.2 Å². The van der Waals surface area contributed by atoms with Gasteiger partial charge in [0.05, 0.1) is 16.9 Å². The predicted octanol–water partition coefficient (Wildman–Crippen LogP) is 3.52. The molecule has 0 bridgehead atoms. The number of nitrogens with zero attached hydrogens (tertiary/aromatic N) is 2. The normalized spacial score (nSPS) is 19.3. The Morgan fingerprint density at radius 3 is 2.35 bits per heavy atom. The molecular weight excluding hydrogens is 345 g/mol. The van der Waals surface area contributed by atoms with E-state index < -0.39 is 17.8 Å². The van der Waals surface area contributed by atoms with Gasteiger partial charge < -0.3 is 20.4 Å². The van der Waals surface area contributed by atoms with Crippen molar-refractivity contribution in [1.82, 2.24) is 10.2 Å². The number of halogens is 3.